The molecule has 5 aromatic rings. The second-order valence-corrected chi connectivity index (χ2v) is 23.5. The van der Waals surface area contributed by atoms with E-state index in [1.54, 1.807) is 41.8 Å². The molecule has 4 aliphatic rings. The SMILES string of the molecule is CN[C@@H](C)C(=O)N[C@@H](C(=O)N1C[C@@H](NC(=O)c2cc(N)cc(C(=O)N[C@H]3C[C@@H](C(=O)NC4c5ccccc5-c5ccccc54)N(C(=O)[C@H](NC(=O)[C@H](C)NC)C(C)(C)C)C3)c2)CC1C(=O)NC1c2ccccc2-c2ccccc21)C(C)C.Cl.Cl. The molecule has 9 rings (SSSR count). The van der Waals surface area contributed by atoms with Crippen molar-refractivity contribution in [3.8, 4) is 22.3 Å². The molecular formula is C63H77Cl2N11O8. The molecule has 19 nitrogen and oxygen atoms in total. The molecule has 8 amide bonds. The highest BCUT2D eigenvalue weighted by molar-refractivity contribution is 6.02. The molecule has 84 heavy (non-hydrogen) atoms. The van der Waals surface area contributed by atoms with Gasteiger partial charge >= 0.3 is 0 Å². The lowest BCUT2D eigenvalue weighted by Gasteiger charge is -2.36. The summed E-state index contributed by atoms with van der Waals surface area (Å²) in [5, 5.41) is 24.0. The van der Waals surface area contributed by atoms with E-state index in [0.29, 0.717) is 0 Å². The standard InChI is InChI=1S/C63H75N11O8.2ClH/c1-33(2)51(69-55(75)34(3)65-8)61(81)73-31-39(29-49(73)59(79)70-52-45-22-14-10-18-41(45)42-19-11-15-23-46(42)52)67-57(77)36-26-37(28-38(64)27-36)58(78)68-40-30-50(74(32-40)62(82)54(63(5,6)7)72-56(76)35(4)66-9)60(80)71-53-47-24-16-12-20-43(47)44-21-13-17-25-48(44)53;;/h10-28,33-35,39-40,49-54,65-66H,29-32,64H2,1-9H3,(H,67,77)(H,68,78)(H,69,75)(H,70,79)(H,71,80)(H,72,76);2*1H/t34-,35-,39-,40-,49?,50-,51+,54-;;/m0../s1. The first-order valence-corrected chi connectivity index (χ1v) is 28.1. The first-order chi connectivity index (χ1) is 39.1. The third-order valence-corrected chi connectivity index (χ3v) is 16.4. The minimum absolute atomic E-state index is 0. The van der Waals surface area contributed by atoms with Gasteiger partial charge in [-0.2, -0.15) is 0 Å². The summed E-state index contributed by atoms with van der Waals surface area (Å²) in [5.74, 6) is -4.27. The number of nitrogen functional groups attached to an aromatic ring is 1. The average Bonchev–Trinajstić information content (AvgIpc) is 4.34. The number of likely N-dealkylation sites (tertiary alicyclic amines) is 2. The highest BCUT2D eigenvalue weighted by Gasteiger charge is 2.48. The Kier molecular flexibility index (Phi) is 20.0. The first-order valence-electron chi connectivity index (χ1n) is 28.1. The number of hydrogen-bond donors (Lipinski definition) is 9. The number of nitrogens with zero attached hydrogens (tertiary/aromatic N) is 2. The predicted molar refractivity (Wildman–Crippen MR) is 327 cm³/mol. The number of nitrogens with one attached hydrogen (secondary N) is 8. The number of carbonyl (C=O) groups excluding carboxylic acids is 8. The van der Waals surface area contributed by atoms with Gasteiger partial charge in [0.25, 0.3) is 11.8 Å². The Labute approximate surface area is 503 Å². The van der Waals surface area contributed by atoms with Crippen molar-refractivity contribution < 1.29 is 38.4 Å². The van der Waals surface area contributed by atoms with Gasteiger partial charge in [0, 0.05) is 42.0 Å². The summed E-state index contributed by atoms with van der Waals surface area (Å²) < 4.78 is 0. The van der Waals surface area contributed by atoms with Crippen LogP contribution in [-0.4, -0.2) is 133 Å². The second kappa shape index (κ2) is 26.4. The van der Waals surface area contributed by atoms with Gasteiger partial charge in [0.1, 0.15) is 24.2 Å². The molecule has 1 unspecified atom stereocenters. The maximum atomic E-state index is 14.9. The van der Waals surface area contributed by atoms with Gasteiger partial charge < -0.3 is 58.1 Å². The Morgan fingerprint density at radius 2 is 0.869 bits per heavy atom. The normalized spacial score (nSPS) is 19.2. The smallest absolute Gasteiger partial charge is 0.251 e. The van der Waals surface area contributed by atoms with Gasteiger partial charge in [-0.05, 0) is 115 Å². The highest BCUT2D eigenvalue weighted by atomic mass is 35.5. The number of hydrogen-bond acceptors (Lipinski definition) is 11. The van der Waals surface area contributed by atoms with Crippen LogP contribution < -0.4 is 48.3 Å². The zero-order chi connectivity index (χ0) is 58.9. The summed E-state index contributed by atoms with van der Waals surface area (Å²) >= 11 is 0. The molecule has 2 saturated heterocycles. The van der Waals surface area contributed by atoms with E-state index in [2.05, 4.69) is 42.5 Å². The molecule has 8 atom stereocenters. The van der Waals surface area contributed by atoms with E-state index in [-0.39, 0.29) is 73.5 Å². The van der Waals surface area contributed by atoms with Crippen molar-refractivity contribution in [2.75, 3.05) is 32.9 Å². The number of fused-ring (bicyclic) bond motifs is 6. The van der Waals surface area contributed by atoms with Crippen molar-refractivity contribution >= 4 is 77.8 Å². The fourth-order valence-electron chi connectivity index (χ4n) is 11.7. The Hall–Kier alpha value is -7.84. The lowest BCUT2D eigenvalue weighted by molar-refractivity contribution is -0.144. The third-order valence-electron chi connectivity index (χ3n) is 16.4. The van der Waals surface area contributed by atoms with Gasteiger partial charge in [0.15, 0.2) is 0 Å². The van der Waals surface area contributed by atoms with E-state index in [4.69, 9.17) is 5.73 Å². The van der Waals surface area contributed by atoms with Crippen LogP contribution in [0.3, 0.4) is 0 Å². The molecule has 0 aromatic heterocycles. The molecule has 2 fully saturated rings. The molecule has 446 valence electrons. The average molecular weight is 1190 g/mol. The molecule has 2 aliphatic heterocycles. The summed E-state index contributed by atoms with van der Waals surface area (Å²) in [6, 6.07) is 27.5. The number of nitrogens with two attached hydrogens (primary N) is 1. The number of benzene rings is 5. The van der Waals surface area contributed by atoms with Crippen molar-refractivity contribution in [3.63, 3.8) is 0 Å². The highest BCUT2D eigenvalue weighted by Crippen LogP contribution is 2.45. The van der Waals surface area contributed by atoms with Crippen LogP contribution in [0, 0.1) is 11.3 Å². The Morgan fingerprint density at radius 1 is 0.512 bits per heavy atom. The summed E-state index contributed by atoms with van der Waals surface area (Å²) in [4.78, 5) is 117. The number of halogens is 2. The maximum absolute atomic E-state index is 14.9. The van der Waals surface area contributed by atoms with Gasteiger partial charge in [0.05, 0.1) is 24.2 Å². The van der Waals surface area contributed by atoms with Crippen LogP contribution in [-0.2, 0) is 28.8 Å². The van der Waals surface area contributed by atoms with E-state index < -0.39 is 113 Å². The molecule has 10 N–H and O–H groups in total. The fourth-order valence-corrected chi connectivity index (χ4v) is 11.7. The lowest BCUT2D eigenvalue weighted by Crippen LogP contribution is -2.59. The van der Waals surface area contributed by atoms with E-state index in [1.165, 1.54) is 28.0 Å². The molecule has 5 aromatic carbocycles. The van der Waals surface area contributed by atoms with Gasteiger partial charge in [-0.1, -0.05) is 132 Å². The number of rotatable bonds is 17. The number of carbonyl (C=O) groups is 8. The topological polar surface area (TPSA) is 265 Å². The van der Waals surface area contributed by atoms with E-state index in [0.717, 1.165) is 44.5 Å². The molecule has 21 heteroatoms. The van der Waals surface area contributed by atoms with Gasteiger partial charge in [-0.3, -0.25) is 38.4 Å². The second-order valence-electron chi connectivity index (χ2n) is 23.5. The van der Waals surface area contributed by atoms with E-state index in [1.807, 2.05) is 118 Å². The molecule has 2 aliphatic carbocycles. The van der Waals surface area contributed by atoms with Crippen LogP contribution in [0.1, 0.15) is 116 Å². The minimum atomic E-state index is -1.07. The molecule has 2 heterocycles. The van der Waals surface area contributed by atoms with E-state index in [9.17, 15) is 38.4 Å². The van der Waals surface area contributed by atoms with Crippen LogP contribution in [0.25, 0.3) is 22.3 Å². The van der Waals surface area contributed by atoms with Crippen molar-refractivity contribution in [2.45, 2.75) is 122 Å². The van der Waals surface area contributed by atoms with Crippen molar-refractivity contribution in [1.82, 2.24) is 52.3 Å². The maximum Gasteiger partial charge on any atom is 0.251 e. The summed E-state index contributed by atoms with van der Waals surface area (Å²) in [6.45, 7) is 12.3. The van der Waals surface area contributed by atoms with Crippen molar-refractivity contribution in [3.05, 3.63) is 149 Å². The first kappa shape index (κ1) is 63.7. The van der Waals surface area contributed by atoms with Crippen LogP contribution in [0.2, 0.25) is 0 Å². The Morgan fingerprint density at radius 3 is 1.23 bits per heavy atom. The van der Waals surface area contributed by atoms with Crippen LogP contribution in [0.15, 0.2) is 115 Å². The molecule has 0 bridgehead atoms. The third kappa shape index (κ3) is 13.1. The summed E-state index contributed by atoms with van der Waals surface area (Å²) in [7, 11) is 3.28. The minimum Gasteiger partial charge on any atom is -0.399 e. The largest absolute Gasteiger partial charge is 0.399 e. The summed E-state index contributed by atoms with van der Waals surface area (Å²) in [6.07, 6.45) is 0.0499. The van der Waals surface area contributed by atoms with Crippen LogP contribution >= 0.6 is 24.8 Å². The quantitative estimate of drug-likeness (QED) is 0.0549. The van der Waals surface area contributed by atoms with Gasteiger partial charge in [-0.25, -0.2) is 0 Å². The van der Waals surface area contributed by atoms with Gasteiger partial charge in [0.2, 0.25) is 35.4 Å². The number of amides is 8. The zero-order valence-electron chi connectivity index (χ0n) is 48.7. The summed E-state index contributed by atoms with van der Waals surface area (Å²) in [5.41, 5.74) is 13.3. The molecule has 0 spiro atoms. The molecular weight excluding hydrogens is 1110 g/mol. The van der Waals surface area contributed by atoms with Crippen LogP contribution in [0.4, 0.5) is 5.69 Å². The van der Waals surface area contributed by atoms with Crippen LogP contribution in [0.5, 0.6) is 0 Å². The number of anilines is 1. The van der Waals surface area contributed by atoms with Gasteiger partial charge in [-0.15, -0.1) is 24.8 Å². The Bertz CT molecular complexity index is 3240. The Balaban J connectivity index is 0.00000506. The van der Waals surface area contributed by atoms with E-state index >= 15 is 0 Å². The molecule has 0 saturated carbocycles. The molecule has 0 radical (unpaired) electrons. The van der Waals surface area contributed by atoms with Crippen molar-refractivity contribution in [2.24, 2.45) is 11.3 Å². The van der Waals surface area contributed by atoms with Crippen molar-refractivity contribution in [1.29, 1.82) is 0 Å². The fraction of sp³-hybridized carbons (Fsp3) is 0.397. The monoisotopic (exact) mass is 1190 g/mol. The number of likely N-dealkylation sites (N-methyl/N-ethyl adjacent to an activating group) is 2. The lowest BCUT2D eigenvalue weighted by atomic mass is 9.85. The zero-order valence-corrected chi connectivity index (χ0v) is 50.3. The predicted octanol–water partition coefficient (Wildman–Crippen LogP) is 5.17.